The molecule has 4 rings (SSSR count). The Morgan fingerprint density at radius 3 is 2.67 bits per heavy atom. The van der Waals surface area contributed by atoms with E-state index in [1.54, 1.807) is 30.3 Å². The topological polar surface area (TPSA) is 104 Å². The van der Waals surface area contributed by atoms with Crippen LogP contribution in [0.25, 0.3) is 0 Å². The van der Waals surface area contributed by atoms with Crippen LogP contribution in [0.1, 0.15) is 30.4 Å². The molecule has 0 aliphatic carbocycles. The fraction of sp³-hybridized carbons (Fsp3) is 0.185. The van der Waals surface area contributed by atoms with Gasteiger partial charge in [0.15, 0.2) is 6.61 Å². The zero-order valence-electron chi connectivity index (χ0n) is 19.3. The molecule has 1 unspecified atom stereocenters. The first-order valence-corrected chi connectivity index (χ1v) is 11.9. The molecule has 3 aromatic carbocycles. The van der Waals surface area contributed by atoms with E-state index in [1.165, 1.54) is 6.07 Å². The van der Waals surface area contributed by atoms with Gasteiger partial charge in [-0.1, -0.05) is 48.3 Å². The Morgan fingerprint density at radius 2 is 1.92 bits per heavy atom. The molecule has 0 bridgehead atoms. The molecule has 0 saturated heterocycles. The molecule has 184 valence electrons. The molecule has 0 spiro atoms. The van der Waals surface area contributed by atoms with Gasteiger partial charge in [-0.05, 0) is 48.4 Å². The van der Waals surface area contributed by atoms with E-state index in [-0.39, 0.29) is 28.8 Å². The third-order valence-electron chi connectivity index (χ3n) is 5.33. The number of nitrogens with two attached hydrogens (primary N) is 1. The first-order valence-electron chi connectivity index (χ1n) is 11.1. The Morgan fingerprint density at radius 1 is 1.08 bits per heavy atom. The highest BCUT2D eigenvalue weighted by atomic mass is 35.5. The van der Waals surface area contributed by atoms with Crippen LogP contribution in [0, 0.1) is 11.3 Å². The molecule has 7 nitrogen and oxygen atoms in total. The number of halogens is 2. The van der Waals surface area contributed by atoms with E-state index in [0.29, 0.717) is 34.4 Å². The molecule has 1 aliphatic rings. The van der Waals surface area contributed by atoms with Crippen LogP contribution in [0.2, 0.25) is 10.0 Å². The Hall–Kier alpha value is -3.86. The zero-order chi connectivity index (χ0) is 25.7. The van der Waals surface area contributed by atoms with E-state index in [0.717, 1.165) is 12.0 Å². The standard InChI is InChI=1S/C27H22Cl2N2O5/c1-2-10-33-18-5-3-4-16(11-18)26-20-8-7-19(13-24(20)36-27(31)21(26)14-30)35-25(32)15-34-23-9-6-17(28)12-22(23)29/h3-9,11-13,26H,2,10,15,31H2,1H3. The molecule has 0 amide bonds. The van der Waals surface area contributed by atoms with Gasteiger partial charge in [0.1, 0.15) is 34.6 Å². The highest BCUT2D eigenvalue weighted by Crippen LogP contribution is 2.44. The van der Waals surface area contributed by atoms with Crippen molar-refractivity contribution in [2.45, 2.75) is 19.3 Å². The molecule has 9 heteroatoms. The fourth-order valence-corrected chi connectivity index (χ4v) is 4.20. The molecule has 0 aromatic heterocycles. The summed E-state index contributed by atoms with van der Waals surface area (Å²) in [6.45, 7) is 2.24. The number of hydrogen-bond acceptors (Lipinski definition) is 7. The molecule has 0 saturated carbocycles. The number of nitrogens with zero attached hydrogens (tertiary/aromatic N) is 1. The number of ether oxygens (including phenoxy) is 4. The summed E-state index contributed by atoms with van der Waals surface area (Å²) >= 11 is 11.9. The van der Waals surface area contributed by atoms with Crippen LogP contribution in [0.15, 0.2) is 72.1 Å². The molecular weight excluding hydrogens is 503 g/mol. The zero-order valence-corrected chi connectivity index (χ0v) is 20.8. The molecular formula is C27H22Cl2N2O5. The van der Waals surface area contributed by atoms with Gasteiger partial charge in [0.25, 0.3) is 0 Å². The normalized spacial score (nSPS) is 14.3. The monoisotopic (exact) mass is 524 g/mol. The smallest absolute Gasteiger partial charge is 0.349 e. The van der Waals surface area contributed by atoms with E-state index < -0.39 is 11.9 Å². The highest BCUT2D eigenvalue weighted by Gasteiger charge is 2.31. The van der Waals surface area contributed by atoms with Crippen molar-refractivity contribution in [1.29, 1.82) is 5.26 Å². The first kappa shape index (κ1) is 25.2. The van der Waals surface area contributed by atoms with Gasteiger partial charge in [0.2, 0.25) is 5.88 Å². The van der Waals surface area contributed by atoms with Crippen LogP contribution < -0.4 is 24.7 Å². The van der Waals surface area contributed by atoms with Gasteiger partial charge in [-0.2, -0.15) is 5.26 Å². The lowest BCUT2D eigenvalue weighted by Gasteiger charge is -2.27. The van der Waals surface area contributed by atoms with Gasteiger partial charge in [0, 0.05) is 16.7 Å². The second-order valence-corrected chi connectivity index (χ2v) is 8.73. The van der Waals surface area contributed by atoms with Gasteiger partial charge < -0.3 is 24.7 Å². The van der Waals surface area contributed by atoms with Crippen molar-refractivity contribution >= 4 is 29.2 Å². The highest BCUT2D eigenvalue weighted by molar-refractivity contribution is 6.35. The third kappa shape index (κ3) is 5.68. The Labute approximate surface area is 218 Å². The predicted octanol–water partition coefficient (Wildman–Crippen LogP) is 5.98. The van der Waals surface area contributed by atoms with Crippen molar-refractivity contribution < 1.29 is 23.7 Å². The van der Waals surface area contributed by atoms with Crippen LogP contribution in [-0.2, 0) is 4.79 Å². The Balaban J connectivity index is 1.54. The van der Waals surface area contributed by atoms with E-state index in [9.17, 15) is 10.1 Å². The van der Waals surface area contributed by atoms with Crippen molar-refractivity contribution in [3.63, 3.8) is 0 Å². The molecule has 2 N–H and O–H groups in total. The number of carbonyl (C=O) groups excluding carboxylic acids is 1. The number of fused-ring (bicyclic) bond motifs is 1. The van der Waals surface area contributed by atoms with Gasteiger partial charge in [0.05, 0.1) is 17.5 Å². The second kappa shape index (κ2) is 11.3. The van der Waals surface area contributed by atoms with Crippen molar-refractivity contribution in [2.24, 2.45) is 5.73 Å². The fourth-order valence-electron chi connectivity index (χ4n) is 3.74. The number of hydrogen-bond donors (Lipinski definition) is 1. The molecule has 0 fully saturated rings. The largest absolute Gasteiger partial charge is 0.494 e. The lowest BCUT2D eigenvalue weighted by Crippen LogP contribution is -2.21. The maximum absolute atomic E-state index is 12.4. The number of benzene rings is 3. The quantitative estimate of drug-likeness (QED) is 0.285. The summed E-state index contributed by atoms with van der Waals surface area (Å²) in [7, 11) is 0. The molecule has 3 aromatic rings. The van der Waals surface area contributed by atoms with E-state index in [4.69, 9.17) is 47.9 Å². The van der Waals surface area contributed by atoms with E-state index in [1.807, 2.05) is 31.2 Å². The van der Waals surface area contributed by atoms with Crippen LogP contribution >= 0.6 is 23.2 Å². The number of allylic oxidation sites excluding steroid dienone is 1. The van der Waals surface area contributed by atoms with Crippen LogP contribution in [0.3, 0.4) is 0 Å². The minimum atomic E-state index is -0.643. The van der Waals surface area contributed by atoms with E-state index >= 15 is 0 Å². The SMILES string of the molecule is CCCOc1cccc(C2C(C#N)=C(N)Oc3cc(OC(=O)COc4ccc(Cl)cc4Cl)ccc32)c1. The van der Waals surface area contributed by atoms with Gasteiger partial charge in [-0.3, -0.25) is 0 Å². The summed E-state index contributed by atoms with van der Waals surface area (Å²) in [5.74, 6) is 0.490. The van der Waals surface area contributed by atoms with Crippen molar-refractivity contribution in [2.75, 3.05) is 13.2 Å². The maximum Gasteiger partial charge on any atom is 0.349 e. The van der Waals surface area contributed by atoms with Crippen molar-refractivity contribution in [3.05, 3.63) is 93.3 Å². The lowest BCUT2D eigenvalue weighted by atomic mass is 9.83. The van der Waals surface area contributed by atoms with E-state index in [2.05, 4.69) is 6.07 Å². The summed E-state index contributed by atoms with van der Waals surface area (Å²) in [6.07, 6.45) is 0.875. The average Bonchev–Trinajstić information content (AvgIpc) is 2.86. The minimum absolute atomic E-state index is 0.0148. The number of nitriles is 1. The summed E-state index contributed by atoms with van der Waals surface area (Å²) < 4.78 is 22.3. The van der Waals surface area contributed by atoms with Crippen LogP contribution in [0.5, 0.6) is 23.0 Å². The summed E-state index contributed by atoms with van der Waals surface area (Å²) in [5.41, 5.74) is 7.91. The molecule has 1 atom stereocenters. The summed E-state index contributed by atoms with van der Waals surface area (Å²) in [4.78, 5) is 12.4. The predicted molar refractivity (Wildman–Crippen MR) is 136 cm³/mol. The molecule has 0 radical (unpaired) electrons. The lowest BCUT2D eigenvalue weighted by molar-refractivity contribution is -0.136. The van der Waals surface area contributed by atoms with Crippen molar-refractivity contribution in [3.8, 4) is 29.1 Å². The molecule has 1 aliphatic heterocycles. The van der Waals surface area contributed by atoms with Crippen LogP contribution in [-0.4, -0.2) is 19.2 Å². The number of esters is 1. The average molecular weight is 525 g/mol. The number of rotatable bonds is 8. The molecule has 36 heavy (non-hydrogen) atoms. The first-order chi connectivity index (χ1) is 17.4. The van der Waals surface area contributed by atoms with Gasteiger partial charge in [-0.25, -0.2) is 4.79 Å². The Kier molecular flexibility index (Phi) is 7.89. The third-order valence-corrected chi connectivity index (χ3v) is 5.86. The van der Waals surface area contributed by atoms with Gasteiger partial charge >= 0.3 is 5.97 Å². The second-order valence-electron chi connectivity index (χ2n) is 7.88. The van der Waals surface area contributed by atoms with Gasteiger partial charge in [-0.15, -0.1) is 0 Å². The molecule has 1 heterocycles. The number of carbonyl (C=O) groups is 1. The summed E-state index contributed by atoms with van der Waals surface area (Å²) in [5, 5.41) is 10.5. The maximum atomic E-state index is 12.4. The summed E-state index contributed by atoms with van der Waals surface area (Å²) in [6, 6.07) is 19.3. The van der Waals surface area contributed by atoms with Crippen molar-refractivity contribution in [1.82, 2.24) is 0 Å². The Bertz CT molecular complexity index is 1370. The van der Waals surface area contributed by atoms with Crippen LogP contribution in [0.4, 0.5) is 0 Å². The minimum Gasteiger partial charge on any atom is -0.494 e.